The van der Waals surface area contributed by atoms with Crippen molar-refractivity contribution in [3.05, 3.63) is 0 Å². The number of nitrogens with zero attached hydrogens (tertiary/aromatic N) is 1. The molecule has 0 aromatic rings. The Labute approximate surface area is 119 Å². The first-order valence-corrected chi connectivity index (χ1v) is 7.58. The summed E-state index contributed by atoms with van der Waals surface area (Å²) in [5.41, 5.74) is 0.0155. The molecular weight excluding hydrogens is 236 g/mol. The zero-order chi connectivity index (χ0) is 14.8. The fourth-order valence-corrected chi connectivity index (χ4v) is 3.35. The fraction of sp³-hybridized carbons (Fsp3) is 0.938. The first kappa shape index (κ1) is 16.5. The molecule has 2 atom stereocenters. The van der Waals surface area contributed by atoms with E-state index >= 15 is 0 Å². The van der Waals surface area contributed by atoms with E-state index in [0.717, 1.165) is 25.9 Å². The monoisotopic (exact) mass is 268 g/mol. The molecule has 0 aromatic heterocycles. The number of carbonyl (C=O) groups is 1. The van der Waals surface area contributed by atoms with Gasteiger partial charge in [0.25, 0.3) is 0 Å². The van der Waals surface area contributed by atoms with Gasteiger partial charge in [-0.05, 0) is 50.7 Å². The summed E-state index contributed by atoms with van der Waals surface area (Å²) in [6, 6.07) is 0. The lowest BCUT2D eigenvalue weighted by molar-refractivity contribution is -0.130. The molecule has 0 spiro atoms. The van der Waals surface area contributed by atoms with Crippen LogP contribution in [0.2, 0.25) is 0 Å². The Bertz CT molecular complexity index is 323. The largest absolute Gasteiger partial charge is 0.356 e. The van der Waals surface area contributed by atoms with E-state index in [2.05, 4.69) is 58.9 Å². The van der Waals surface area contributed by atoms with E-state index < -0.39 is 0 Å². The predicted octanol–water partition coefficient (Wildman–Crippen LogP) is 2.76. The molecule has 19 heavy (non-hydrogen) atoms. The number of carbonyl (C=O) groups excluding carboxylic acids is 1. The van der Waals surface area contributed by atoms with Crippen LogP contribution in [-0.2, 0) is 4.79 Å². The van der Waals surface area contributed by atoms with Crippen LogP contribution < -0.4 is 5.32 Å². The van der Waals surface area contributed by atoms with Gasteiger partial charge in [-0.2, -0.15) is 0 Å². The van der Waals surface area contributed by atoms with Crippen LogP contribution >= 0.6 is 0 Å². The molecule has 3 nitrogen and oxygen atoms in total. The van der Waals surface area contributed by atoms with Crippen molar-refractivity contribution >= 4 is 5.91 Å². The molecular formula is C16H32N2O. The van der Waals surface area contributed by atoms with Crippen LogP contribution in [0.1, 0.15) is 47.5 Å². The Morgan fingerprint density at radius 1 is 1.26 bits per heavy atom. The third-order valence-electron chi connectivity index (χ3n) is 5.05. The van der Waals surface area contributed by atoms with Crippen molar-refractivity contribution in [3.8, 4) is 0 Å². The molecule has 0 aromatic carbocycles. The fourth-order valence-electron chi connectivity index (χ4n) is 3.35. The highest BCUT2D eigenvalue weighted by atomic mass is 16.2. The highest BCUT2D eigenvalue weighted by molar-refractivity contribution is 5.87. The Kier molecular flexibility index (Phi) is 5.05. The van der Waals surface area contributed by atoms with E-state index in [4.69, 9.17) is 0 Å². The summed E-state index contributed by atoms with van der Waals surface area (Å²) in [7, 11) is 4.13. The van der Waals surface area contributed by atoms with Gasteiger partial charge in [-0.3, -0.25) is 4.79 Å². The number of hydrogen-bond donors (Lipinski definition) is 1. The number of hydrogen-bond acceptors (Lipinski definition) is 2. The van der Waals surface area contributed by atoms with Gasteiger partial charge >= 0.3 is 0 Å². The molecule has 0 heterocycles. The quantitative estimate of drug-likeness (QED) is 0.720. The zero-order valence-electron chi connectivity index (χ0n) is 13.8. The van der Waals surface area contributed by atoms with Crippen molar-refractivity contribution < 1.29 is 4.79 Å². The second-order valence-electron chi connectivity index (χ2n) is 7.48. The van der Waals surface area contributed by atoms with Crippen LogP contribution in [0.15, 0.2) is 0 Å². The SMILES string of the molecule is CC(C)C(C)C1(C(=O)NCCCN(C)C)CC1(C)C. The minimum absolute atomic E-state index is 0.140. The first-order valence-electron chi connectivity index (χ1n) is 7.58. The van der Waals surface area contributed by atoms with Crippen LogP contribution in [0.25, 0.3) is 0 Å². The Morgan fingerprint density at radius 2 is 1.79 bits per heavy atom. The molecule has 0 saturated heterocycles. The van der Waals surface area contributed by atoms with Crippen LogP contribution in [0.5, 0.6) is 0 Å². The summed E-state index contributed by atoms with van der Waals surface area (Å²) >= 11 is 0. The van der Waals surface area contributed by atoms with Crippen LogP contribution in [0.3, 0.4) is 0 Å². The molecule has 1 N–H and O–H groups in total. The zero-order valence-corrected chi connectivity index (χ0v) is 13.8. The van der Waals surface area contributed by atoms with Gasteiger partial charge in [0.2, 0.25) is 5.91 Å². The number of rotatable bonds is 7. The standard InChI is InChI=1S/C16H32N2O/c1-12(2)13(3)16(11-15(16,4)5)14(19)17-9-8-10-18(6)7/h12-13H,8-11H2,1-7H3,(H,17,19). The average Bonchev–Trinajstić information content (AvgIpc) is 2.87. The predicted molar refractivity (Wildman–Crippen MR) is 81.0 cm³/mol. The maximum absolute atomic E-state index is 12.6. The Balaban J connectivity index is 2.57. The average molecular weight is 268 g/mol. The molecule has 112 valence electrons. The van der Waals surface area contributed by atoms with Crippen molar-refractivity contribution in [2.75, 3.05) is 27.2 Å². The molecule has 1 saturated carbocycles. The van der Waals surface area contributed by atoms with E-state index in [1.54, 1.807) is 0 Å². The first-order chi connectivity index (χ1) is 8.65. The maximum atomic E-state index is 12.6. The molecule has 0 radical (unpaired) electrons. The van der Waals surface area contributed by atoms with Gasteiger partial charge in [0.1, 0.15) is 0 Å². The molecule has 2 unspecified atom stereocenters. The molecule has 1 aliphatic rings. The smallest absolute Gasteiger partial charge is 0.227 e. The molecule has 1 aliphatic carbocycles. The van der Waals surface area contributed by atoms with E-state index in [1.165, 1.54) is 0 Å². The van der Waals surface area contributed by atoms with Crippen molar-refractivity contribution in [1.82, 2.24) is 10.2 Å². The van der Waals surface area contributed by atoms with Gasteiger partial charge < -0.3 is 10.2 Å². The number of amides is 1. The minimum Gasteiger partial charge on any atom is -0.356 e. The van der Waals surface area contributed by atoms with E-state index in [-0.39, 0.29) is 16.7 Å². The van der Waals surface area contributed by atoms with E-state index in [0.29, 0.717) is 11.8 Å². The second-order valence-corrected chi connectivity index (χ2v) is 7.48. The Hall–Kier alpha value is -0.570. The van der Waals surface area contributed by atoms with Crippen LogP contribution in [-0.4, -0.2) is 38.0 Å². The molecule has 0 bridgehead atoms. The second kappa shape index (κ2) is 5.82. The van der Waals surface area contributed by atoms with Gasteiger partial charge in [-0.25, -0.2) is 0 Å². The molecule has 3 heteroatoms. The molecule has 0 aliphatic heterocycles. The van der Waals surface area contributed by atoms with E-state index in [1.807, 2.05) is 0 Å². The van der Waals surface area contributed by atoms with Crippen LogP contribution in [0, 0.1) is 22.7 Å². The van der Waals surface area contributed by atoms with Gasteiger partial charge in [0.15, 0.2) is 0 Å². The maximum Gasteiger partial charge on any atom is 0.227 e. The molecule has 1 rings (SSSR count). The third kappa shape index (κ3) is 3.31. The normalized spacial score (nSPS) is 26.6. The van der Waals surface area contributed by atoms with Gasteiger partial charge in [0.05, 0.1) is 5.41 Å². The van der Waals surface area contributed by atoms with Crippen molar-refractivity contribution in [3.63, 3.8) is 0 Å². The molecule has 1 fully saturated rings. The van der Waals surface area contributed by atoms with Crippen molar-refractivity contribution in [2.24, 2.45) is 22.7 Å². The highest BCUT2D eigenvalue weighted by Gasteiger charge is 2.68. The van der Waals surface area contributed by atoms with Crippen molar-refractivity contribution in [2.45, 2.75) is 47.5 Å². The van der Waals surface area contributed by atoms with Gasteiger partial charge in [-0.1, -0.05) is 34.6 Å². The number of nitrogens with one attached hydrogen (secondary N) is 1. The summed E-state index contributed by atoms with van der Waals surface area (Å²) in [5, 5.41) is 3.17. The Morgan fingerprint density at radius 3 is 2.16 bits per heavy atom. The lowest BCUT2D eigenvalue weighted by Crippen LogP contribution is -2.41. The summed E-state index contributed by atoms with van der Waals surface area (Å²) in [6.07, 6.45) is 2.05. The summed E-state index contributed by atoms with van der Waals surface area (Å²) < 4.78 is 0. The van der Waals surface area contributed by atoms with Crippen molar-refractivity contribution in [1.29, 1.82) is 0 Å². The minimum atomic E-state index is -0.140. The van der Waals surface area contributed by atoms with E-state index in [9.17, 15) is 4.79 Å². The third-order valence-corrected chi connectivity index (χ3v) is 5.05. The van der Waals surface area contributed by atoms with Gasteiger partial charge in [-0.15, -0.1) is 0 Å². The lowest BCUT2D eigenvalue weighted by atomic mass is 9.76. The summed E-state index contributed by atoms with van der Waals surface area (Å²) in [4.78, 5) is 14.8. The highest BCUT2D eigenvalue weighted by Crippen LogP contribution is 2.68. The topological polar surface area (TPSA) is 32.3 Å². The summed E-state index contributed by atoms with van der Waals surface area (Å²) in [6.45, 7) is 13.0. The molecule has 1 amide bonds. The van der Waals surface area contributed by atoms with Gasteiger partial charge in [0, 0.05) is 6.54 Å². The lowest BCUT2D eigenvalue weighted by Gasteiger charge is -2.29. The summed E-state index contributed by atoms with van der Waals surface area (Å²) in [5.74, 6) is 1.27. The van der Waals surface area contributed by atoms with Crippen LogP contribution in [0.4, 0.5) is 0 Å².